The van der Waals surface area contributed by atoms with Crippen molar-refractivity contribution in [1.29, 1.82) is 0 Å². The molecule has 1 spiro atoms. The first-order valence-corrected chi connectivity index (χ1v) is 6.36. The van der Waals surface area contributed by atoms with Crippen LogP contribution in [0.25, 0.3) is 0 Å². The highest BCUT2D eigenvalue weighted by Crippen LogP contribution is 2.49. The van der Waals surface area contributed by atoms with Gasteiger partial charge in [-0.3, -0.25) is 0 Å². The molecule has 3 rings (SSSR count). The van der Waals surface area contributed by atoms with E-state index in [9.17, 15) is 0 Å². The molecule has 0 atom stereocenters. The Morgan fingerprint density at radius 2 is 2.06 bits per heavy atom. The normalized spacial score (nSPS) is 21.7. The second-order valence-corrected chi connectivity index (χ2v) is 5.45. The molecule has 1 aromatic carbocycles. The lowest BCUT2D eigenvalue weighted by molar-refractivity contribution is 0.0904. The molecule has 2 N–H and O–H groups in total. The fourth-order valence-electron chi connectivity index (χ4n) is 3.04. The van der Waals surface area contributed by atoms with Crippen LogP contribution in [0.15, 0.2) is 18.2 Å². The van der Waals surface area contributed by atoms with Crippen LogP contribution < -0.4 is 10.6 Å². The Kier molecular flexibility index (Phi) is 2.13. The van der Waals surface area contributed by atoms with Crippen LogP contribution in [-0.4, -0.2) is 13.1 Å². The van der Waals surface area contributed by atoms with Crippen molar-refractivity contribution in [1.82, 2.24) is 0 Å². The monoisotopic (exact) mass is 216 g/mol. The van der Waals surface area contributed by atoms with Crippen molar-refractivity contribution in [3.05, 3.63) is 23.8 Å². The molecule has 1 aliphatic heterocycles. The number of nitrogen functional groups attached to an aromatic ring is 1. The number of aryl methyl sites for hydroxylation is 1. The van der Waals surface area contributed by atoms with Crippen LogP contribution in [-0.2, 0) is 6.42 Å². The van der Waals surface area contributed by atoms with Crippen LogP contribution in [0, 0.1) is 5.41 Å². The van der Waals surface area contributed by atoms with Crippen LogP contribution in [0.4, 0.5) is 11.4 Å². The first-order chi connectivity index (χ1) is 7.72. The van der Waals surface area contributed by atoms with E-state index in [4.69, 9.17) is 5.73 Å². The van der Waals surface area contributed by atoms with E-state index in [0.717, 1.165) is 12.1 Å². The van der Waals surface area contributed by atoms with Crippen LogP contribution >= 0.6 is 0 Å². The number of anilines is 2. The highest BCUT2D eigenvalue weighted by Gasteiger charge is 2.47. The Labute approximate surface area is 97.4 Å². The summed E-state index contributed by atoms with van der Waals surface area (Å²) in [5.74, 6) is 0. The Balaban J connectivity index is 1.73. The molecule has 1 aromatic rings. The SMILES string of the molecule is CCc1ccc(N2CC3(CCC3)C2)cc1N. The summed E-state index contributed by atoms with van der Waals surface area (Å²) in [6.07, 6.45) is 5.33. The Bertz CT molecular complexity index is 399. The number of benzene rings is 1. The lowest BCUT2D eigenvalue weighted by Gasteiger charge is -2.57. The van der Waals surface area contributed by atoms with Crippen molar-refractivity contribution in [2.24, 2.45) is 5.41 Å². The third kappa shape index (κ3) is 1.40. The molecule has 2 fully saturated rings. The van der Waals surface area contributed by atoms with Gasteiger partial charge in [-0.2, -0.15) is 0 Å². The predicted molar refractivity (Wildman–Crippen MR) is 68.7 cm³/mol. The van der Waals surface area contributed by atoms with Gasteiger partial charge in [-0.15, -0.1) is 0 Å². The number of hydrogen-bond donors (Lipinski definition) is 1. The van der Waals surface area contributed by atoms with Gasteiger partial charge in [-0.1, -0.05) is 19.4 Å². The molecular weight excluding hydrogens is 196 g/mol. The molecule has 2 heteroatoms. The summed E-state index contributed by atoms with van der Waals surface area (Å²) < 4.78 is 0. The highest BCUT2D eigenvalue weighted by atomic mass is 15.2. The number of rotatable bonds is 2. The molecule has 1 aliphatic carbocycles. The molecule has 0 unspecified atom stereocenters. The highest BCUT2D eigenvalue weighted by molar-refractivity contribution is 5.61. The molecule has 1 heterocycles. The van der Waals surface area contributed by atoms with Crippen LogP contribution in [0.1, 0.15) is 31.7 Å². The summed E-state index contributed by atoms with van der Waals surface area (Å²) in [4.78, 5) is 2.47. The minimum Gasteiger partial charge on any atom is -0.398 e. The summed E-state index contributed by atoms with van der Waals surface area (Å²) >= 11 is 0. The van der Waals surface area contributed by atoms with Gasteiger partial charge in [0, 0.05) is 29.9 Å². The van der Waals surface area contributed by atoms with Crippen LogP contribution in [0.5, 0.6) is 0 Å². The molecule has 0 radical (unpaired) electrons. The zero-order valence-electron chi connectivity index (χ0n) is 10.00. The van der Waals surface area contributed by atoms with Crippen LogP contribution in [0.2, 0.25) is 0 Å². The van der Waals surface area contributed by atoms with E-state index >= 15 is 0 Å². The summed E-state index contributed by atoms with van der Waals surface area (Å²) in [6, 6.07) is 6.54. The van der Waals surface area contributed by atoms with Gasteiger partial charge < -0.3 is 10.6 Å². The molecule has 2 nitrogen and oxygen atoms in total. The fourth-order valence-corrected chi connectivity index (χ4v) is 3.04. The molecule has 1 saturated carbocycles. The van der Waals surface area contributed by atoms with Gasteiger partial charge in [0.1, 0.15) is 0 Å². The van der Waals surface area contributed by atoms with E-state index in [1.807, 2.05) is 0 Å². The van der Waals surface area contributed by atoms with E-state index in [1.54, 1.807) is 0 Å². The van der Waals surface area contributed by atoms with Crippen molar-refractivity contribution in [3.8, 4) is 0 Å². The maximum absolute atomic E-state index is 6.04. The van der Waals surface area contributed by atoms with Gasteiger partial charge >= 0.3 is 0 Å². The third-order valence-corrected chi connectivity index (χ3v) is 4.34. The van der Waals surface area contributed by atoms with Crippen LogP contribution in [0.3, 0.4) is 0 Å². The van der Waals surface area contributed by atoms with Gasteiger partial charge in [0.25, 0.3) is 0 Å². The predicted octanol–water partition coefficient (Wildman–Crippen LogP) is 2.82. The van der Waals surface area contributed by atoms with Crippen molar-refractivity contribution in [2.45, 2.75) is 32.6 Å². The minimum atomic E-state index is 0.693. The maximum atomic E-state index is 6.04. The third-order valence-electron chi connectivity index (χ3n) is 4.34. The lowest BCUT2D eigenvalue weighted by atomic mass is 9.63. The Morgan fingerprint density at radius 3 is 2.56 bits per heavy atom. The summed E-state index contributed by atoms with van der Waals surface area (Å²) in [6.45, 7) is 4.65. The van der Waals surface area contributed by atoms with Crippen molar-refractivity contribution in [3.63, 3.8) is 0 Å². The van der Waals surface area contributed by atoms with Gasteiger partial charge in [0.2, 0.25) is 0 Å². The average Bonchev–Trinajstić information content (AvgIpc) is 2.13. The largest absolute Gasteiger partial charge is 0.398 e. The molecule has 0 bridgehead atoms. The smallest absolute Gasteiger partial charge is 0.0387 e. The van der Waals surface area contributed by atoms with E-state index in [0.29, 0.717) is 5.41 Å². The zero-order chi connectivity index (χ0) is 11.2. The average molecular weight is 216 g/mol. The van der Waals surface area contributed by atoms with E-state index in [-0.39, 0.29) is 0 Å². The second kappa shape index (κ2) is 3.41. The molecule has 16 heavy (non-hydrogen) atoms. The molecule has 2 aliphatic rings. The molecule has 1 saturated heterocycles. The van der Waals surface area contributed by atoms with Crippen molar-refractivity contribution < 1.29 is 0 Å². The summed E-state index contributed by atoms with van der Waals surface area (Å²) in [5, 5.41) is 0. The molecule has 86 valence electrons. The number of nitrogens with two attached hydrogens (primary N) is 1. The van der Waals surface area contributed by atoms with E-state index in [2.05, 4.69) is 30.0 Å². The number of nitrogens with zero attached hydrogens (tertiary/aromatic N) is 1. The maximum Gasteiger partial charge on any atom is 0.0387 e. The van der Waals surface area contributed by atoms with Gasteiger partial charge in [-0.05, 0) is 37.0 Å². The topological polar surface area (TPSA) is 29.3 Å². The second-order valence-electron chi connectivity index (χ2n) is 5.45. The molecule has 0 aromatic heterocycles. The van der Waals surface area contributed by atoms with Gasteiger partial charge in [-0.25, -0.2) is 0 Å². The zero-order valence-corrected chi connectivity index (χ0v) is 10.00. The summed E-state index contributed by atoms with van der Waals surface area (Å²) in [5.41, 5.74) is 10.3. The first-order valence-electron chi connectivity index (χ1n) is 6.36. The number of hydrogen-bond acceptors (Lipinski definition) is 2. The fraction of sp³-hybridized carbons (Fsp3) is 0.571. The lowest BCUT2D eigenvalue weighted by Crippen LogP contribution is -2.59. The van der Waals surface area contributed by atoms with Gasteiger partial charge in [0.05, 0.1) is 0 Å². The Morgan fingerprint density at radius 1 is 1.31 bits per heavy atom. The van der Waals surface area contributed by atoms with Crippen molar-refractivity contribution >= 4 is 11.4 Å². The van der Waals surface area contributed by atoms with E-state index < -0.39 is 0 Å². The Hall–Kier alpha value is -1.18. The van der Waals surface area contributed by atoms with Gasteiger partial charge in [0.15, 0.2) is 0 Å². The summed E-state index contributed by atoms with van der Waals surface area (Å²) in [7, 11) is 0. The first kappa shape index (κ1) is 10.0. The van der Waals surface area contributed by atoms with Crippen molar-refractivity contribution in [2.75, 3.05) is 23.7 Å². The minimum absolute atomic E-state index is 0.693. The molecule has 0 amide bonds. The molecular formula is C14H20N2. The standard InChI is InChI=1S/C14H20N2/c1-2-11-4-5-12(8-13(11)15)16-9-14(10-16)6-3-7-14/h4-5,8H,2-3,6-7,9-10,15H2,1H3. The van der Waals surface area contributed by atoms with E-state index in [1.165, 1.54) is 43.6 Å². The quantitative estimate of drug-likeness (QED) is 0.770.